The van der Waals surface area contributed by atoms with E-state index >= 15 is 0 Å². The van der Waals surface area contributed by atoms with Gasteiger partial charge >= 0.3 is 0 Å². The van der Waals surface area contributed by atoms with Crippen LogP contribution in [0.1, 0.15) is 74.5 Å². The van der Waals surface area contributed by atoms with E-state index in [1.165, 1.54) is 12.0 Å². The van der Waals surface area contributed by atoms with Gasteiger partial charge in [-0.1, -0.05) is 67.1 Å². The fraction of sp³-hybridized carbons (Fsp3) is 0.357. The van der Waals surface area contributed by atoms with Gasteiger partial charge in [0.1, 0.15) is 23.0 Å². The second kappa shape index (κ2) is 11.6. The maximum atomic E-state index is 14.9. The molecule has 32 heavy (non-hydrogen) atoms. The molecule has 0 saturated heterocycles. The Morgan fingerprint density at radius 3 is 2.38 bits per heavy atom. The van der Waals surface area contributed by atoms with E-state index in [1.807, 2.05) is 12.1 Å². The molecule has 4 heteroatoms. The molecule has 1 aliphatic carbocycles. The highest BCUT2D eigenvalue weighted by atomic mass is 35.5. The van der Waals surface area contributed by atoms with Gasteiger partial charge in [0.2, 0.25) is 0 Å². The van der Waals surface area contributed by atoms with Crippen LogP contribution < -0.4 is 0 Å². The summed E-state index contributed by atoms with van der Waals surface area (Å²) < 4.78 is 41.3. The molecule has 2 aromatic rings. The third kappa shape index (κ3) is 6.16. The van der Waals surface area contributed by atoms with Crippen LogP contribution in [0.3, 0.4) is 0 Å². The average Bonchev–Trinajstić information content (AvgIpc) is 2.83. The molecule has 0 heterocycles. The summed E-state index contributed by atoms with van der Waals surface area (Å²) in [6, 6.07) is 15.8. The summed E-state index contributed by atoms with van der Waals surface area (Å²) in [5.41, 5.74) is 2.98. The number of rotatable bonds is 7. The van der Waals surface area contributed by atoms with Gasteiger partial charge in [-0.3, -0.25) is 0 Å². The molecule has 0 N–H and O–H groups in total. The first kappa shape index (κ1) is 24.4. The van der Waals surface area contributed by atoms with Crippen molar-refractivity contribution >= 4 is 17.2 Å². The van der Waals surface area contributed by atoms with E-state index in [4.69, 9.17) is 11.6 Å². The first-order valence-corrected chi connectivity index (χ1v) is 11.6. The van der Waals surface area contributed by atoms with Crippen LogP contribution in [-0.4, -0.2) is 0 Å². The summed E-state index contributed by atoms with van der Waals surface area (Å²) in [5, 5.41) is -0.639. The standard InChI is InChI=1S/C28H30ClF3/c1-3-21(16-28(32)26(29)18-30)25-14-13-24(17-27(25)31)23-11-9-20(10-12-23)15-19(2)22-7-5-4-6-8-22/h3-8,13-14,16-20,23H,9-12,15H2,1-2H3/b21-3+,26-18-,28-16+/t19-,20?,23?/m1/s1. The second-order valence-electron chi connectivity index (χ2n) is 8.70. The molecule has 0 aliphatic heterocycles. The Balaban J connectivity index is 1.63. The third-order valence-electron chi connectivity index (χ3n) is 6.59. The van der Waals surface area contributed by atoms with Crippen molar-refractivity contribution in [3.63, 3.8) is 0 Å². The van der Waals surface area contributed by atoms with Crippen molar-refractivity contribution in [1.82, 2.24) is 0 Å². The van der Waals surface area contributed by atoms with E-state index in [1.54, 1.807) is 25.1 Å². The first-order valence-electron chi connectivity index (χ1n) is 11.3. The van der Waals surface area contributed by atoms with E-state index in [-0.39, 0.29) is 11.9 Å². The van der Waals surface area contributed by atoms with Crippen LogP contribution in [-0.2, 0) is 0 Å². The maximum Gasteiger partial charge on any atom is 0.144 e. The molecule has 1 saturated carbocycles. The SMILES string of the molecule is C\C=C(/C=C(F)\C(Cl)=C\F)c1ccc(C2CCC(C[C@@H](C)c3ccccc3)CC2)cc1F. The van der Waals surface area contributed by atoms with E-state index in [0.29, 0.717) is 23.3 Å². The zero-order valence-corrected chi connectivity index (χ0v) is 19.4. The van der Waals surface area contributed by atoms with Crippen molar-refractivity contribution in [3.8, 4) is 0 Å². The Labute approximate surface area is 194 Å². The lowest BCUT2D eigenvalue weighted by atomic mass is 9.75. The second-order valence-corrected chi connectivity index (χ2v) is 9.10. The van der Waals surface area contributed by atoms with Crippen molar-refractivity contribution in [3.05, 3.63) is 100 Å². The summed E-state index contributed by atoms with van der Waals surface area (Å²) in [6.07, 6.45) is 8.19. The van der Waals surface area contributed by atoms with Gasteiger partial charge in [0.05, 0.1) is 0 Å². The summed E-state index contributed by atoms with van der Waals surface area (Å²) in [7, 11) is 0. The lowest BCUT2D eigenvalue weighted by Crippen LogP contribution is -2.15. The van der Waals surface area contributed by atoms with Gasteiger partial charge in [-0.05, 0) is 85.6 Å². The quantitative estimate of drug-likeness (QED) is 0.362. The molecule has 1 fully saturated rings. The number of allylic oxidation sites excluding steroid dienone is 5. The zero-order chi connectivity index (χ0) is 23.1. The molecule has 0 spiro atoms. The number of halogens is 4. The normalized spacial score (nSPS) is 21.5. The number of hydrogen-bond donors (Lipinski definition) is 0. The molecule has 170 valence electrons. The lowest BCUT2D eigenvalue weighted by molar-refractivity contribution is 0.297. The van der Waals surface area contributed by atoms with Crippen molar-refractivity contribution in [1.29, 1.82) is 0 Å². The van der Waals surface area contributed by atoms with Crippen LogP contribution in [0, 0.1) is 11.7 Å². The Kier molecular flexibility index (Phi) is 8.81. The average molecular weight is 459 g/mol. The highest BCUT2D eigenvalue weighted by Crippen LogP contribution is 2.40. The molecule has 0 amide bonds. The highest BCUT2D eigenvalue weighted by Gasteiger charge is 2.25. The molecule has 1 atom stereocenters. The van der Waals surface area contributed by atoms with Crippen LogP contribution in [0.4, 0.5) is 13.2 Å². The number of hydrogen-bond acceptors (Lipinski definition) is 0. The molecule has 1 aliphatic rings. The fourth-order valence-electron chi connectivity index (χ4n) is 4.74. The van der Waals surface area contributed by atoms with Crippen LogP contribution in [0.25, 0.3) is 5.57 Å². The van der Waals surface area contributed by atoms with Crippen LogP contribution in [0.15, 0.2) is 77.9 Å². The topological polar surface area (TPSA) is 0 Å². The highest BCUT2D eigenvalue weighted by molar-refractivity contribution is 6.31. The van der Waals surface area contributed by atoms with E-state index < -0.39 is 16.7 Å². The van der Waals surface area contributed by atoms with Gasteiger partial charge in [0.15, 0.2) is 0 Å². The van der Waals surface area contributed by atoms with Crippen LogP contribution >= 0.6 is 11.6 Å². The van der Waals surface area contributed by atoms with E-state index in [9.17, 15) is 13.2 Å². The lowest BCUT2D eigenvalue weighted by Gasteiger charge is -2.30. The molecule has 0 aromatic heterocycles. The number of benzene rings is 2. The van der Waals surface area contributed by atoms with Crippen molar-refractivity contribution < 1.29 is 13.2 Å². The predicted octanol–water partition coefficient (Wildman–Crippen LogP) is 9.60. The van der Waals surface area contributed by atoms with Crippen molar-refractivity contribution in [2.45, 2.75) is 57.8 Å². The fourth-order valence-corrected chi connectivity index (χ4v) is 4.80. The summed E-state index contributed by atoms with van der Waals surface area (Å²) >= 11 is 5.47. The first-order chi connectivity index (χ1) is 15.4. The molecular formula is C28H30ClF3. The van der Waals surface area contributed by atoms with Crippen molar-refractivity contribution in [2.24, 2.45) is 5.92 Å². The Hall–Kier alpha value is -2.26. The summed E-state index contributed by atoms with van der Waals surface area (Å²) in [6.45, 7) is 3.97. The minimum Gasteiger partial charge on any atom is -0.214 e. The molecule has 0 bridgehead atoms. The Morgan fingerprint density at radius 1 is 1.09 bits per heavy atom. The molecular weight excluding hydrogens is 429 g/mol. The molecule has 0 nitrogen and oxygen atoms in total. The van der Waals surface area contributed by atoms with Gasteiger partial charge in [-0.15, -0.1) is 0 Å². The maximum absolute atomic E-state index is 14.9. The summed E-state index contributed by atoms with van der Waals surface area (Å²) in [5.74, 6) is 0.241. The van der Waals surface area contributed by atoms with Crippen LogP contribution in [0.5, 0.6) is 0 Å². The van der Waals surface area contributed by atoms with Gasteiger partial charge in [0, 0.05) is 5.56 Å². The van der Waals surface area contributed by atoms with Gasteiger partial charge in [-0.2, -0.15) is 0 Å². The van der Waals surface area contributed by atoms with E-state index in [2.05, 4.69) is 31.2 Å². The zero-order valence-electron chi connectivity index (χ0n) is 18.6. The van der Waals surface area contributed by atoms with Crippen molar-refractivity contribution in [2.75, 3.05) is 0 Å². The molecule has 3 rings (SSSR count). The monoisotopic (exact) mass is 458 g/mol. The molecule has 0 radical (unpaired) electrons. The minimum absolute atomic E-state index is 0.0168. The van der Waals surface area contributed by atoms with Gasteiger partial charge < -0.3 is 0 Å². The van der Waals surface area contributed by atoms with Gasteiger partial charge in [0.25, 0.3) is 0 Å². The third-order valence-corrected chi connectivity index (χ3v) is 6.86. The minimum atomic E-state index is -0.936. The Bertz CT molecular complexity index is 983. The molecule has 2 aromatic carbocycles. The predicted molar refractivity (Wildman–Crippen MR) is 128 cm³/mol. The van der Waals surface area contributed by atoms with Gasteiger partial charge in [-0.25, -0.2) is 13.2 Å². The van der Waals surface area contributed by atoms with Crippen LogP contribution in [0.2, 0.25) is 0 Å². The smallest absolute Gasteiger partial charge is 0.144 e. The Morgan fingerprint density at radius 2 is 1.78 bits per heavy atom. The molecule has 0 unspecified atom stereocenters. The van der Waals surface area contributed by atoms with E-state index in [0.717, 1.165) is 37.3 Å². The largest absolute Gasteiger partial charge is 0.214 e. The summed E-state index contributed by atoms with van der Waals surface area (Å²) in [4.78, 5) is 0.